The maximum atomic E-state index is 9.45. The van der Waals surface area contributed by atoms with Crippen molar-refractivity contribution in [3.05, 3.63) is 35.7 Å². The Morgan fingerprint density at radius 3 is 3.00 bits per heavy atom. The zero-order chi connectivity index (χ0) is 13.9. The summed E-state index contributed by atoms with van der Waals surface area (Å²) < 4.78 is 4.09. The molecule has 0 saturated heterocycles. The van der Waals surface area contributed by atoms with Crippen molar-refractivity contribution in [2.45, 2.75) is 32.2 Å². The zero-order valence-electron chi connectivity index (χ0n) is 11.6. The van der Waals surface area contributed by atoms with Gasteiger partial charge in [-0.1, -0.05) is 6.42 Å². The van der Waals surface area contributed by atoms with Gasteiger partial charge < -0.3 is 9.13 Å². The van der Waals surface area contributed by atoms with Crippen LogP contribution in [0.4, 0.5) is 0 Å². The van der Waals surface area contributed by atoms with E-state index >= 15 is 0 Å². The summed E-state index contributed by atoms with van der Waals surface area (Å²) >= 11 is 0. The molecule has 1 aliphatic rings. The molecule has 20 heavy (non-hydrogen) atoms. The third-order valence-electron chi connectivity index (χ3n) is 3.75. The van der Waals surface area contributed by atoms with Gasteiger partial charge in [-0.2, -0.15) is 5.26 Å². The fourth-order valence-electron chi connectivity index (χ4n) is 2.60. The molecule has 0 saturated carbocycles. The van der Waals surface area contributed by atoms with E-state index in [1.807, 2.05) is 36.0 Å². The largest absolute Gasteiger partial charge is 0.351 e. The lowest BCUT2D eigenvalue weighted by molar-refractivity contribution is 0.627. The first-order valence-electron chi connectivity index (χ1n) is 6.95. The minimum Gasteiger partial charge on any atom is -0.351 e. The van der Waals surface area contributed by atoms with E-state index in [4.69, 9.17) is 0 Å². The number of nitriles is 1. The number of nitrogens with zero attached hydrogens (tertiary/aromatic N) is 5. The second-order valence-corrected chi connectivity index (χ2v) is 5.12. The Kier molecular flexibility index (Phi) is 3.38. The summed E-state index contributed by atoms with van der Waals surface area (Å²) in [5.74, 6) is 1.70. The predicted octanol–water partition coefficient (Wildman–Crippen LogP) is 2.41. The number of allylic oxidation sites excluding steroid dienone is 1. The molecule has 0 spiro atoms. The first-order chi connectivity index (χ1) is 9.79. The van der Waals surface area contributed by atoms with Crippen LogP contribution in [-0.2, 0) is 20.0 Å². The molecule has 2 aromatic rings. The van der Waals surface area contributed by atoms with Crippen LogP contribution in [0.2, 0.25) is 0 Å². The smallest absolute Gasteiger partial charge is 0.174 e. The van der Waals surface area contributed by atoms with E-state index in [-0.39, 0.29) is 0 Å². The average Bonchev–Trinajstić information content (AvgIpc) is 2.96. The summed E-state index contributed by atoms with van der Waals surface area (Å²) in [6.45, 7) is 0.907. The SMILES string of the molecule is Cn1cccc1/C=C(\C#N)c1nnc2n1CCCCC2. The molecule has 3 rings (SSSR count). The van der Waals surface area contributed by atoms with E-state index in [0.717, 1.165) is 37.3 Å². The number of hydrogen-bond donors (Lipinski definition) is 0. The van der Waals surface area contributed by atoms with Gasteiger partial charge in [0.15, 0.2) is 5.82 Å². The Morgan fingerprint density at radius 2 is 2.25 bits per heavy atom. The van der Waals surface area contributed by atoms with Crippen LogP contribution in [0.3, 0.4) is 0 Å². The Balaban J connectivity index is 2.03. The van der Waals surface area contributed by atoms with Crippen LogP contribution < -0.4 is 0 Å². The van der Waals surface area contributed by atoms with Gasteiger partial charge in [-0.05, 0) is 31.1 Å². The van der Waals surface area contributed by atoms with Crippen molar-refractivity contribution in [2.24, 2.45) is 7.05 Å². The molecule has 0 aliphatic carbocycles. The van der Waals surface area contributed by atoms with Crippen LogP contribution in [0.25, 0.3) is 11.6 Å². The van der Waals surface area contributed by atoms with E-state index in [1.54, 1.807) is 0 Å². The van der Waals surface area contributed by atoms with Crippen molar-refractivity contribution >= 4 is 11.6 Å². The minimum atomic E-state index is 0.576. The van der Waals surface area contributed by atoms with E-state index in [0.29, 0.717) is 11.4 Å². The van der Waals surface area contributed by atoms with Crippen molar-refractivity contribution in [1.29, 1.82) is 5.26 Å². The number of fused-ring (bicyclic) bond motifs is 1. The average molecular weight is 267 g/mol. The quantitative estimate of drug-likeness (QED) is 0.785. The third kappa shape index (κ3) is 2.25. The van der Waals surface area contributed by atoms with Gasteiger partial charge in [-0.15, -0.1) is 10.2 Å². The summed E-state index contributed by atoms with van der Waals surface area (Å²) in [5, 5.41) is 17.9. The molecule has 0 amide bonds. The van der Waals surface area contributed by atoms with Crippen molar-refractivity contribution in [3.63, 3.8) is 0 Å². The van der Waals surface area contributed by atoms with Gasteiger partial charge in [0.1, 0.15) is 11.9 Å². The Morgan fingerprint density at radius 1 is 1.35 bits per heavy atom. The van der Waals surface area contributed by atoms with Crippen LogP contribution in [0.5, 0.6) is 0 Å². The molecule has 102 valence electrons. The normalized spacial score (nSPS) is 15.5. The molecule has 2 aromatic heterocycles. The number of aromatic nitrogens is 4. The zero-order valence-corrected chi connectivity index (χ0v) is 11.6. The highest BCUT2D eigenvalue weighted by Gasteiger charge is 2.17. The Labute approximate surface area is 118 Å². The lowest BCUT2D eigenvalue weighted by atomic mass is 10.2. The highest BCUT2D eigenvalue weighted by atomic mass is 15.3. The highest BCUT2D eigenvalue weighted by molar-refractivity contribution is 5.86. The first kappa shape index (κ1) is 12.7. The third-order valence-corrected chi connectivity index (χ3v) is 3.75. The van der Waals surface area contributed by atoms with E-state index in [9.17, 15) is 5.26 Å². The maximum Gasteiger partial charge on any atom is 0.174 e. The van der Waals surface area contributed by atoms with E-state index in [2.05, 4.69) is 20.8 Å². The molecule has 0 unspecified atom stereocenters. The number of rotatable bonds is 2. The predicted molar refractivity (Wildman–Crippen MR) is 76.5 cm³/mol. The molecular formula is C15H17N5. The number of hydrogen-bond acceptors (Lipinski definition) is 3. The molecule has 5 nitrogen and oxygen atoms in total. The Bertz CT molecular complexity index is 683. The van der Waals surface area contributed by atoms with Crippen LogP contribution >= 0.6 is 0 Å². The minimum absolute atomic E-state index is 0.576. The number of aryl methyl sites for hydroxylation is 2. The summed E-state index contributed by atoms with van der Waals surface area (Å²) in [6.07, 6.45) is 8.29. The topological polar surface area (TPSA) is 59.4 Å². The van der Waals surface area contributed by atoms with Crippen molar-refractivity contribution < 1.29 is 0 Å². The van der Waals surface area contributed by atoms with Crippen LogP contribution in [0, 0.1) is 11.3 Å². The lowest BCUT2D eigenvalue weighted by Gasteiger charge is -2.06. The maximum absolute atomic E-state index is 9.45. The molecule has 0 fully saturated rings. The van der Waals surface area contributed by atoms with Crippen molar-refractivity contribution in [3.8, 4) is 6.07 Å². The summed E-state index contributed by atoms with van der Waals surface area (Å²) in [7, 11) is 1.96. The molecule has 5 heteroatoms. The molecule has 3 heterocycles. The second-order valence-electron chi connectivity index (χ2n) is 5.12. The van der Waals surface area contributed by atoms with Gasteiger partial charge in [0.25, 0.3) is 0 Å². The van der Waals surface area contributed by atoms with Gasteiger partial charge in [0.2, 0.25) is 0 Å². The highest BCUT2D eigenvalue weighted by Crippen LogP contribution is 2.21. The Hall–Kier alpha value is -2.35. The van der Waals surface area contributed by atoms with Gasteiger partial charge in [-0.3, -0.25) is 0 Å². The van der Waals surface area contributed by atoms with Gasteiger partial charge in [0.05, 0.1) is 5.57 Å². The molecule has 0 radical (unpaired) electrons. The molecule has 0 atom stereocenters. The second kappa shape index (κ2) is 5.33. The van der Waals surface area contributed by atoms with Gasteiger partial charge in [-0.25, -0.2) is 0 Å². The summed E-state index contributed by atoms with van der Waals surface area (Å²) in [4.78, 5) is 0. The van der Waals surface area contributed by atoms with Crippen molar-refractivity contribution in [2.75, 3.05) is 0 Å². The summed E-state index contributed by atoms with van der Waals surface area (Å²) in [6, 6.07) is 6.21. The van der Waals surface area contributed by atoms with Gasteiger partial charge >= 0.3 is 0 Å². The summed E-state index contributed by atoms with van der Waals surface area (Å²) in [5.41, 5.74) is 1.57. The standard InChI is InChI=1S/C15H17N5/c1-19-8-5-6-13(19)10-12(11-16)15-18-17-14-7-3-2-4-9-20(14)15/h5-6,8,10H,2-4,7,9H2,1H3/b12-10+. The van der Waals surface area contributed by atoms with Crippen LogP contribution in [-0.4, -0.2) is 19.3 Å². The lowest BCUT2D eigenvalue weighted by Crippen LogP contribution is -2.05. The first-order valence-corrected chi connectivity index (χ1v) is 6.95. The fraction of sp³-hybridized carbons (Fsp3) is 0.400. The van der Waals surface area contributed by atoms with E-state index in [1.165, 1.54) is 6.42 Å². The molecule has 0 bridgehead atoms. The molecule has 1 aliphatic heterocycles. The van der Waals surface area contributed by atoms with Crippen LogP contribution in [0.15, 0.2) is 18.3 Å². The molecular weight excluding hydrogens is 250 g/mol. The monoisotopic (exact) mass is 267 g/mol. The van der Waals surface area contributed by atoms with E-state index < -0.39 is 0 Å². The van der Waals surface area contributed by atoms with Crippen molar-refractivity contribution in [1.82, 2.24) is 19.3 Å². The van der Waals surface area contributed by atoms with Gasteiger partial charge in [0, 0.05) is 31.9 Å². The van der Waals surface area contributed by atoms with Crippen LogP contribution in [0.1, 0.15) is 36.6 Å². The molecule has 0 N–H and O–H groups in total. The molecule has 0 aromatic carbocycles. The fourth-order valence-corrected chi connectivity index (χ4v) is 2.60.